The predicted octanol–water partition coefficient (Wildman–Crippen LogP) is 2.61. The largest absolute Gasteiger partial charge is 0.548 e. The second-order valence-corrected chi connectivity index (χ2v) is 7.63. The van der Waals surface area contributed by atoms with E-state index >= 15 is 0 Å². The van der Waals surface area contributed by atoms with Gasteiger partial charge in [-0.25, -0.2) is 8.42 Å². The molecule has 0 saturated carbocycles. The Morgan fingerprint density at radius 3 is 2.23 bits per heavy atom. The van der Waals surface area contributed by atoms with Crippen molar-refractivity contribution in [3.8, 4) is 0 Å². The Bertz CT molecular complexity index is 928. The Labute approximate surface area is 152 Å². The van der Waals surface area contributed by atoms with Crippen molar-refractivity contribution in [2.24, 2.45) is 0 Å². The van der Waals surface area contributed by atoms with Crippen LogP contribution in [0, 0.1) is 6.92 Å². The first kappa shape index (κ1) is 20.1. The highest BCUT2D eigenvalue weighted by Crippen LogP contribution is 2.37. The van der Waals surface area contributed by atoms with Crippen molar-refractivity contribution in [1.29, 1.82) is 0 Å². The molecule has 0 saturated heterocycles. The van der Waals surface area contributed by atoms with E-state index in [4.69, 9.17) is 11.6 Å². The van der Waals surface area contributed by atoms with Gasteiger partial charge in [0.15, 0.2) is 0 Å². The van der Waals surface area contributed by atoms with Gasteiger partial charge in [-0.05, 0) is 37.3 Å². The third-order valence-electron chi connectivity index (χ3n) is 3.43. The van der Waals surface area contributed by atoms with Gasteiger partial charge < -0.3 is 9.90 Å². The Kier molecular flexibility index (Phi) is 5.52. The van der Waals surface area contributed by atoms with Gasteiger partial charge in [0, 0.05) is 0 Å². The fraction of sp³-hybridized carbons (Fsp3) is 0.188. The number of carbonyl (C=O) groups is 1. The number of benzene rings is 2. The molecule has 0 aliphatic heterocycles. The predicted molar refractivity (Wildman–Crippen MR) is 87.2 cm³/mol. The zero-order valence-corrected chi connectivity index (χ0v) is 14.8. The summed E-state index contributed by atoms with van der Waals surface area (Å²) >= 11 is 5.52. The van der Waals surface area contributed by atoms with Crippen molar-refractivity contribution in [3.05, 3.63) is 58.6 Å². The van der Waals surface area contributed by atoms with Crippen molar-refractivity contribution in [3.63, 3.8) is 0 Å². The topological polar surface area (TPSA) is 77.5 Å². The molecule has 0 atom stereocenters. The van der Waals surface area contributed by atoms with Crippen molar-refractivity contribution >= 4 is 33.3 Å². The summed E-state index contributed by atoms with van der Waals surface area (Å²) in [5.41, 5.74) is -1.02. The van der Waals surface area contributed by atoms with Gasteiger partial charge in [-0.2, -0.15) is 13.2 Å². The van der Waals surface area contributed by atoms with E-state index in [1.807, 2.05) is 0 Å². The number of hydrogen-bond donors (Lipinski definition) is 0. The number of alkyl halides is 3. The van der Waals surface area contributed by atoms with Gasteiger partial charge in [-0.3, -0.25) is 4.31 Å². The molecule has 26 heavy (non-hydrogen) atoms. The number of hydrogen-bond acceptors (Lipinski definition) is 4. The molecule has 2 aromatic carbocycles. The molecule has 0 aliphatic rings. The van der Waals surface area contributed by atoms with E-state index in [9.17, 15) is 31.5 Å². The van der Waals surface area contributed by atoms with Gasteiger partial charge in [-0.1, -0.05) is 29.3 Å². The quantitative estimate of drug-likeness (QED) is 0.764. The van der Waals surface area contributed by atoms with E-state index in [-0.39, 0.29) is 4.90 Å². The summed E-state index contributed by atoms with van der Waals surface area (Å²) in [7, 11) is -4.44. The van der Waals surface area contributed by atoms with E-state index in [1.54, 1.807) is 6.92 Å². The number of rotatable bonds is 5. The van der Waals surface area contributed by atoms with Crippen molar-refractivity contribution < 1.29 is 31.5 Å². The third kappa shape index (κ3) is 4.28. The SMILES string of the molecule is Cc1ccc(S(=O)(=O)N(CC(=O)[O-])c2ccc(Cl)c(C(F)(F)F)c2)cc1. The molecule has 0 spiro atoms. The zero-order chi connectivity index (χ0) is 19.7. The molecule has 0 fully saturated rings. The van der Waals surface area contributed by atoms with Crippen LogP contribution in [0.25, 0.3) is 0 Å². The van der Waals surface area contributed by atoms with Gasteiger partial charge in [0.05, 0.1) is 33.7 Å². The minimum absolute atomic E-state index is 0.271. The van der Waals surface area contributed by atoms with Crippen LogP contribution >= 0.6 is 11.6 Å². The number of anilines is 1. The highest BCUT2D eigenvalue weighted by molar-refractivity contribution is 7.92. The molecule has 10 heteroatoms. The summed E-state index contributed by atoms with van der Waals surface area (Å²) in [6, 6.07) is 7.75. The molecule has 2 aromatic rings. The minimum Gasteiger partial charge on any atom is -0.548 e. The standard InChI is InChI=1S/C16H13ClF3NO4S/c1-10-2-5-12(6-3-10)26(24,25)21(9-15(22)23)11-4-7-14(17)13(8-11)16(18,19)20/h2-8H,9H2,1H3,(H,22,23)/p-1. The maximum Gasteiger partial charge on any atom is 0.417 e. The third-order valence-corrected chi connectivity index (χ3v) is 5.54. The number of carboxylic acids is 1. The lowest BCUT2D eigenvalue weighted by Crippen LogP contribution is -2.41. The number of carboxylic acid groups (broad SMARTS) is 1. The van der Waals surface area contributed by atoms with Crippen LogP contribution in [0.4, 0.5) is 18.9 Å². The van der Waals surface area contributed by atoms with E-state index in [0.29, 0.717) is 10.4 Å². The lowest BCUT2D eigenvalue weighted by atomic mass is 10.2. The van der Waals surface area contributed by atoms with Crippen LogP contribution < -0.4 is 9.41 Å². The Morgan fingerprint density at radius 1 is 1.15 bits per heavy atom. The summed E-state index contributed by atoms with van der Waals surface area (Å²) in [5.74, 6) is -1.77. The Morgan fingerprint density at radius 2 is 1.73 bits per heavy atom. The molecular formula is C16H12ClF3NO4S-. The lowest BCUT2D eigenvalue weighted by Gasteiger charge is -2.26. The smallest absolute Gasteiger partial charge is 0.417 e. The Balaban J connectivity index is 2.62. The molecule has 0 amide bonds. The second-order valence-electron chi connectivity index (χ2n) is 5.36. The average molecular weight is 407 g/mol. The number of aryl methyl sites for hydroxylation is 1. The molecule has 0 heterocycles. The van der Waals surface area contributed by atoms with Crippen LogP contribution in [0.2, 0.25) is 5.02 Å². The summed E-state index contributed by atoms with van der Waals surface area (Å²) in [4.78, 5) is 10.7. The van der Waals surface area contributed by atoms with Crippen LogP contribution in [-0.2, 0) is 21.0 Å². The van der Waals surface area contributed by atoms with Crippen molar-refractivity contribution in [2.45, 2.75) is 18.0 Å². The average Bonchev–Trinajstić information content (AvgIpc) is 2.52. The van der Waals surface area contributed by atoms with Gasteiger partial charge in [0.1, 0.15) is 0 Å². The zero-order valence-electron chi connectivity index (χ0n) is 13.2. The molecule has 140 valence electrons. The highest BCUT2D eigenvalue weighted by atomic mass is 35.5. The fourth-order valence-electron chi connectivity index (χ4n) is 2.16. The first-order chi connectivity index (χ1) is 11.9. The summed E-state index contributed by atoms with van der Waals surface area (Å²) in [6.45, 7) is 0.555. The Hall–Kier alpha value is -2.26. The van der Waals surface area contributed by atoms with Crippen molar-refractivity contribution in [1.82, 2.24) is 0 Å². The molecule has 2 rings (SSSR count). The van der Waals surface area contributed by atoms with Crippen LogP contribution in [0.1, 0.15) is 11.1 Å². The maximum absolute atomic E-state index is 13.0. The molecule has 0 aliphatic carbocycles. The maximum atomic E-state index is 13.0. The first-order valence-corrected chi connectivity index (χ1v) is 8.91. The molecule has 0 radical (unpaired) electrons. The number of aliphatic carboxylic acids is 1. The van der Waals surface area contributed by atoms with Gasteiger partial charge in [0.25, 0.3) is 10.0 Å². The van der Waals surface area contributed by atoms with Gasteiger partial charge in [0.2, 0.25) is 0 Å². The van der Waals surface area contributed by atoms with Crippen LogP contribution in [0.5, 0.6) is 0 Å². The second kappa shape index (κ2) is 7.16. The van der Waals surface area contributed by atoms with Gasteiger partial charge in [-0.15, -0.1) is 0 Å². The monoisotopic (exact) mass is 406 g/mol. The van der Waals surface area contributed by atoms with Crippen molar-refractivity contribution in [2.75, 3.05) is 10.8 Å². The number of halogens is 4. The summed E-state index contributed by atoms with van der Waals surface area (Å²) < 4.78 is 64.9. The van der Waals surface area contributed by atoms with E-state index in [1.165, 1.54) is 24.3 Å². The first-order valence-electron chi connectivity index (χ1n) is 7.09. The molecule has 0 N–H and O–H groups in total. The minimum atomic E-state index is -4.84. The normalized spacial score (nSPS) is 12.0. The van der Waals surface area contributed by atoms with E-state index in [2.05, 4.69) is 0 Å². The number of sulfonamides is 1. The summed E-state index contributed by atoms with van der Waals surface area (Å²) in [6.07, 6.45) is -4.84. The van der Waals surface area contributed by atoms with E-state index in [0.717, 1.165) is 17.7 Å². The highest BCUT2D eigenvalue weighted by Gasteiger charge is 2.35. The number of nitrogens with zero attached hydrogens (tertiary/aromatic N) is 1. The fourth-order valence-corrected chi connectivity index (χ4v) is 3.78. The molecular weight excluding hydrogens is 395 g/mol. The van der Waals surface area contributed by atoms with Crippen LogP contribution in [-0.4, -0.2) is 20.9 Å². The molecule has 5 nitrogen and oxygen atoms in total. The molecule has 0 aromatic heterocycles. The molecule has 0 bridgehead atoms. The molecule has 0 unspecified atom stereocenters. The van der Waals surface area contributed by atoms with Crippen LogP contribution in [0.3, 0.4) is 0 Å². The van der Waals surface area contributed by atoms with E-state index < -0.39 is 45.0 Å². The van der Waals surface area contributed by atoms with Gasteiger partial charge >= 0.3 is 6.18 Å². The number of carbonyl (C=O) groups excluding carboxylic acids is 1. The summed E-state index contributed by atoms with van der Waals surface area (Å²) in [5, 5.41) is 10.4. The lowest BCUT2D eigenvalue weighted by molar-refractivity contribution is -0.303. The van der Waals surface area contributed by atoms with Crippen LogP contribution in [0.15, 0.2) is 47.4 Å².